The first-order valence-corrected chi connectivity index (χ1v) is 9.67. The Morgan fingerprint density at radius 2 is 2.12 bits per heavy atom. The van der Waals surface area contributed by atoms with Gasteiger partial charge in [0, 0.05) is 36.8 Å². The van der Waals surface area contributed by atoms with E-state index in [1.165, 1.54) is 0 Å². The molecule has 1 aliphatic heterocycles. The van der Waals surface area contributed by atoms with Crippen LogP contribution >= 0.6 is 11.6 Å². The Bertz CT molecular complexity index is 691. The van der Waals surface area contributed by atoms with E-state index in [-0.39, 0.29) is 0 Å². The summed E-state index contributed by atoms with van der Waals surface area (Å²) in [6.45, 7) is 6.07. The van der Waals surface area contributed by atoms with E-state index in [4.69, 9.17) is 26.1 Å². The fourth-order valence-electron chi connectivity index (χ4n) is 2.98. The third kappa shape index (κ3) is 5.16. The first-order chi connectivity index (χ1) is 12.8. The summed E-state index contributed by atoms with van der Waals surface area (Å²) in [6.07, 6.45) is 2.81. The zero-order valence-electron chi connectivity index (χ0n) is 15.2. The van der Waals surface area contributed by atoms with Crippen LogP contribution in [-0.4, -0.2) is 42.9 Å². The number of ether oxygens (including phenoxy) is 2. The topological polar surface area (TPSA) is 56.3 Å². The Labute approximate surface area is 160 Å². The standard InChI is InChI=1S/C20H26ClN3O2/c1-2-17-18(21)23-19(16-7-4-3-5-8-16)24-20(17)22-10-6-11-25-13-15-9-12-26-14-15/h3-5,7-8,15H,2,6,9-14H2,1H3,(H,22,23,24). The van der Waals surface area contributed by atoms with Gasteiger partial charge in [0.25, 0.3) is 0 Å². The molecule has 1 aromatic carbocycles. The van der Waals surface area contributed by atoms with Crippen LogP contribution in [0.15, 0.2) is 30.3 Å². The molecular formula is C20H26ClN3O2. The molecule has 2 aromatic rings. The van der Waals surface area contributed by atoms with E-state index in [2.05, 4.69) is 17.2 Å². The predicted molar refractivity (Wildman–Crippen MR) is 105 cm³/mol. The summed E-state index contributed by atoms with van der Waals surface area (Å²) >= 11 is 6.39. The lowest BCUT2D eigenvalue weighted by atomic mass is 10.1. The molecule has 1 atom stereocenters. The fraction of sp³-hybridized carbons (Fsp3) is 0.500. The molecule has 2 heterocycles. The molecule has 6 heteroatoms. The Hall–Kier alpha value is -1.69. The average molecular weight is 376 g/mol. The van der Waals surface area contributed by atoms with Gasteiger partial charge in [-0.25, -0.2) is 9.97 Å². The highest BCUT2D eigenvalue weighted by Gasteiger charge is 2.15. The highest BCUT2D eigenvalue weighted by molar-refractivity contribution is 6.30. The summed E-state index contributed by atoms with van der Waals surface area (Å²) in [7, 11) is 0. The summed E-state index contributed by atoms with van der Waals surface area (Å²) in [5, 5.41) is 3.92. The van der Waals surface area contributed by atoms with Gasteiger partial charge in [0.05, 0.1) is 13.2 Å². The van der Waals surface area contributed by atoms with Crippen molar-refractivity contribution in [3.8, 4) is 11.4 Å². The van der Waals surface area contributed by atoms with Crippen molar-refractivity contribution in [2.45, 2.75) is 26.2 Å². The summed E-state index contributed by atoms with van der Waals surface area (Å²) in [5.41, 5.74) is 1.91. The van der Waals surface area contributed by atoms with E-state index in [0.717, 1.165) is 69.2 Å². The van der Waals surface area contributed by atoms with Crippen LogP contribution in [0.5, 0.6) is 0 Å². The van der Waals surface area contributed by atoms with Gasteiger partial charge in [0.15, 0.2) is 5.82 Å². The molecule has 1 N–H and O–H groups in total. The summed E-state index contributed by atoms with van der Waals surface area (Å²) in [5.74, 6) is 2.02. The molecule has 5 nitrogen and oxygen atoms in total. The Balaban J connectivity index is 1.54. The lowest BCUT2D eigenvalue weighted by Crippen LogP contribution is -2.13. The third-order valence-corrected chi connectivity index (χ3v) is 4.79. The zero-order valence-corrected chi connectivity index (χ0v) is 16.0. The van der Waals surface area contributed by atoms with Gasteiger partial charge in [-0.3, -0.25) is 0 Å². The molecule has 1 aromatic heterocycles. The second-order valence-electron chi connectivity index (χ2n) is 6.47. The van der Waals surface area contributed by atoms with Gasteiger partial charge < -0.3 is 14.8 Å². The second-order valence-corrected chi connectivity index (χ2v) is 6.83. The average Bonchev–Trinajstić information content (AvgIpc) is 3.18. The minimum Gasteiger partial charge on any atom is -0.381 e. The van der Waals surface area contributed by atoms with Gasteiger partial charge >= 0.3 is 0 Å². The minimum absolute atomic E-state index is 0.515. The van der Waals surface area contributed by atoms with Crippen LogP contribution < -0.4 is 5.32 Å². The van der Waals surface area contributed by atoms with Gasteiger partial charge in [0.2, 0.25) is 0 Å². The Morgan fingerprint density at radius 1 is 1.27 bits per heavy atom. The maximum Gasteiger partial charge on any atom is 0.163 e. The zero-order chi connectivity index (χ0) is 18.2. The van der Waals surface area contributed by atoms with Gasteiger partial charge in [0.1, 0.15) is 11.0 Å². The first kappa shape index (κ1) is 19.1. The van der Waals surface area contributed by atoms with Gasteiger partial charge in [-0.05, 0) is 19.3 Å². The normalized spacial score (nSPS) is 16.8. The molecule has 0 radical (unpaired) electrons. The lowest BCUT2D eigenvalue weighted by Gasteiger charge is -2.13. The monoisotopic (exact) mass is 375 g/mol. The van der Waals surface area contributed by atoms with Crippen molar-refractivity contribution in [1.29, 1.82) is 0 Å². The van der Waals surface area contributed by atoms with Crippen molar-refractivity contribution < 1.29 is 9.47 Å². The molecule has 0 bridgehead atoms. The highest BCUT2D eigenvalue weighted by Crippen LogP contribution is 2.26. The molecule has 0 amide bonds. The van der Waals surface area contributed by atoms with Crippen LogP contribution in [0.2, 0.25) is 5.15 Å². The molecular weight excluding hydrogens is 350 g/mol. The molecule has 1 unspecified atom stereocenters. The van der Waals surface area contributed by atoms with Crippen molar-refractivity contribution in [1.82, 2.24) is 9.97 Å². The number of nitrogens with zero attached hydrogens (tertiary/aromatic N) is 2. The van der Waals surface area contributed by atoms with Crippen LogP contribution in [-0.2, 0) is 15.9 Å². The van der Waals surface area contributed by atoms with Gasteiger partial charge in [-0.2, -0.15) is 0 Å². The van der Waals surface area contributed by atoms with Gasteiger partial charge in [-0.15, -0.1) is 0 Å². The number of rotatable bonds is 9. The maximum atomic E-state index is 6.39. The summed E-state index contributed by atoms with van der Waals surface area (Å²) < 4.78 is 11.1. The summed E-state index contributed by atoms with van der Waals surface area (Å²) in [4.78, 5) is 9.15. The Kier molecular flexibility index (Phi) is 7.23. The van der Waals surface area contributed by atoms with E-state index in [0.29, 0.717) is 16.9 Å². The van der Waals surface area contributed by atoms with Crippen LogP contribution in [0.25, 0.3) is 11.4 Å². The SMILES string of the molecule is CCc1c(Cl)nc(-c2ccccc2)nc1NCCCOCC1CCOC1. The van der Waals surface area contributed by atoms with Crippen LogP contribution in [0, 0.1) is 5.92 Å². The molecule has 140 valence electrons. The number of aromatic nitrogens is 2. The van der Waals surface area contributed by atoms with E-state index in [9.17, 15) is 0 Å². The molecule has 1 fully saturated rings. The first-order valence-electron chi connectivity index (χ1n) is 9.29. The number of hydrogen-bond donors (Lipinski definition) is 1. The predicted octanol–water partition coefficient (Wildman–Crippen LogP) is 4.21. The van der Waals surface area contributed by atoms with E-state index < -0.39 is 0 Å². The van der Waals surface area contributed by atoms with Crippen molar-refractivity contribution in [3.63, 3.8) is 0 Å². The van der Waals surface area contributed by atoms with E-state index in [1.54, 1.807) is 0 Å². The second kappa shape index (κ2) is 9.86. The third-order valence-electron chi connectivity index (χ3n) is 4.48. The quantitative estimate of drug-likeness (QED) is 0.525. The van der Waals surface area contributed by atoms with Crippen LogP contribution in [0.3, 0.4) is 0 Å². The Morgan fingerprint density at radius 3 is 2.85 bits per heavy atom. The van der Waals surface area contributed by atoms with Crippen molar-refractivity contribution in [3.05, 3.63) is 41.0 Å². The van der Waals surface area contributed by atoms with Crippen LogP contribution in [0.1, 0.15) is 25.3 Å². The van der Waals surface area contributed by atoms with Crippen molar-refractivity contribution >= 4 is 17.4 Å². The summed E-state index contributed by atoms with van der Waals surface area (Å²) in [6, 6.07) is 9.89. The number of halogens is 1. The maximum absolute atomic E-state index is 6.39. The van der Waals surface area contributed by atoms with Crippen LogP contribution in [0.4, 0.5) is 5.82 Å². The van der Waals surface area contributed by atoms with Crippen molar-refractivity contribution in [2.75, 3.05) is 38.3 Å². The number of hydrogen-bond acceptors (Lipinski definition) is 5. The highest BCUT2D eigenvalue weighted by atomic mass is 35.5. The molecule has 1 saturated heterocycles. The largest absolute Gasteiger partial charge is 0.381 e. The van der Waals surface area contributed by atoms with E-state index >= 15 is 0 Å². The lowest BCUT2D eigenvalue weighted by molar-refractivity contribution is 0.0897. The number of anilines is 1. The minimum atomic E-state index is 0.515. The molecule has 1 aliphatic rings. The van der Waals surface area contributed by atoms with Gasteiger partial charge in [-0.1, -0.05) is 48.9 Å². The smallest absolute Gasteiger partial charge is 0.163 e. The molecule has 26 heavy (non-hydrogen) atoms. The van der Waals surface area contributed by atoms with Crippen molar-refractivity contribution in [2.24, 2.45) is 5.92 Å². The molecule has 0 aliphatic carbocycles. The molecule has 0 spiro atoms. The van der Waals surface area contributed by atoms with E-state index in [1.807, 2.05) is 30.3 Å². The molecule has 3 rings (SSSR count). The number of nitrogens with one attached hydrogen (secondary N) is 1. The number of benzene rings is 1. The fourth-order valence-corrected chi connectivity index (χ4v) is 3.28. The molecule has 0 saturated carbocycles.